The smallest absolute Gasteiger partial charge is 0.226 e. The summed E-state index contributed by atoms with van der Waals surface area (Å²) in [5, 5.41) is 2.86. The Morgan fingerprint density at radius 1 is 1.41 bits per heavy atom. The average Bonchev–Trinajstić information content (AvgIpc) is 2.25. The molecule has 17 heavy (non-hydrogen) atoms. The highest BCUT2D eigenvalue weighted by molar-refractivity contribution is 5.92. The van der Waals surface area contributed by atoms with Crippen molar-refractivity contribution in [3.63, 3.8) is 0 Å². The minimum Gasteiger partial charge on any atom is -0.326 e. The zero-order valence-electron chi connectivity index (χ0n) is 10.5. The van der Waals surface area contributed by atoms with Gasteiger partial charge in [-0.1, -0.05) is 25.7 Å². The molecule has 0 saturated heterocycles. The van der Waals surface area contributed by atoms with Crippen molar-refractivity contribution in [3.05, 3.63) is 29.3 Å². The van der Waals surface area contributed by atoms with E-state index in [2.05, 4.69) is 17.2 Å². The molecule has 0 fully saturated rings. The molecule has 0 aliphatic heterocycles. The van der Waals surface area contributed by atoms with Crippen molar-refractivity contribution in [1.82, 2.24) is 0 Å². The molecule has 0 radical (unpaired) electrons. The number of amides is 1. The first-order valence-electron chi connectivity index (χ1n) is 5.64. The second kappa shape index (κ2) is 6.07. The highest BCUT2D eigenvalue weighted by Crippen LogP contribution is 2.14. The van der Waals surface area contributed by atoms with Gasteiger partial charge in [-0.15, -0.1) is 0 Å². The molecule has 3 heteroatoms. The van der Waals surface area contributed by atoms with E-state index in [-0.39, 0.29) is 11.8 Å². The maximum atomic E-state index is 11.6. The lowest BCUT2D eigenvalue weighted by Gasteiger charge is -2.09. The summed E-state index contributed by atoms with van der Waals surface area (Å²) >= 11 is 0. The fourth-order valence-electron chi connectivity index (χ4n) is 1.37. The van der Waals surface area contributed by atoms with E-state index in [9.17, 15) is 4.79 Å². The van der Waals surface area contributed by atoms with Gasteiger partial charge in [-0.05, 0) is 30.7 Å². The molecule has 0 spiro atoms. The van der Waals surface area contributed by atoms with Crippen LogP contribution in [0.4, 0.5) is 5.69 Å². The van der Waals surface area contributed by atoms with Crippen molar-refractivity contribution >= 4 is 11.6 Å². The molecule has 0 heterocycles. The molecule has 1 amide bonds. The Balaban J connectivity index is 2.93. The molecule has 0 unspecified atom stereocenters. The lowest BCUT2D eigenvalue weighted by molar-refractivity contribution is -0.118. The third kappa shape index (κ3) is 4.29. The molecule has 1 rings (SSSR count). The quantitative estimate of drug-likeness (QED) is 0.762. The summed E-state index contributed by atoms with van der Waals surface area (Å²) in [7, 11) is 0. The molecule has 90 valence electrons. The van der Waals surface area contributed by atoms with Crippen LogP contribution in [0.1, 0.15) is 25.0 Å². The van der Waals surface area contributed by atoms with E-state index in [1.807, 2.05) is 39.0 Å². The zero-order chi connectivity index (χ0) is 12.8. The standard InChI is InChI=1S/C14H18N2O/c1-10(2)14(17)16-13-8-11(3)7-12(9-13)5-4-6-15/h7-10H,6,15H2,1-3H3,(H,16,17). The number of rotatable bonds is 2. The van der Waals surface area contributed by atoms with Crippen molar-refractivity contribution in [1.29, 1.82) is 0 Å². The largest absolute Gasteiger partial charge is 0.326 e. The first-order valence-corrected chi connectivity index (χ1v) is 5.64. The van der Waals surface area contributed by atoms with Crippen molar-refractivity contribution < 1.29 is 4.79 Å². The highest BCUT2D eigenvalue weighted by Gasteiger charge is 2.07. The summed E-state index contributed by atoms with van der Waals surface area (Å²) in [6, 6.07) is 5.75. The van der Waals surface area contributed by atoms with E-state index in [4.69, 9.17) is 5.73 Å². The Labute approximate surface area is 102 Å². The monoisotopic (exact) mass is 230 g/mol. The third-order valence-electron chi connectivity index (χ3n) is 2.20. The Morgan fingerprint density at radius 3 is 2.71 bits per heavy atom. The van der Waals surface area contributed by atoms with Crippen molar-refractivity contribution in [3.8, 4) is 11.8 Å². The third-order valence-corrected chi connectivity index (χ3v) is 2.20. The van der Waals surface area contributed by atoms with Gasteiger partial charge >= 0.3 is 0 Å². The van der Waals surface area contributed by atoms with Crippen LogP contribution in [0.2, 0.25) is 0 Å². The van der Waals surface area contributed by atoms with E-state index in [1.54, 1.807) is 0 Å². The molecule has 3 N–H and O–H groups in total. The maximum Gasteiger partial charge on any atom is 0.226 e. The van der Waals surface area contributed by atoms with Crippen LogP contribution in [0, 0.1) is 24.7 Å². The molecule has 0 aromatic heterocycles. The number of benzene rings is 1. The van der Waals surface area contributed by atoms with Gasteiger partial charge in [0.1, 0.15) is 0 Å². The number of aryl methyl sites for hydroxylation is 1. The van der Waals surface area contributed by atoms with E-state index >= 15 is 0 Å². The Hall–Kier alpha value is -1.79. The van der Waals surface area contributed by atoms with Crippen molar-refractivity contribution in [2.75, 3.05) is 11.9 Å². The summed E-state index contributed by atoms with van der Waals surface area (Å²) in [4.78, 5) is 11.6. The molecule has 0 saturated carbocycles. The van der Waals surface area contributed by atoms with Gasteiger partial charge < -0.3 is 11.1 Å². The molecule has 1 aromatic rings. The van der Waals surface area contributed by atoms with Gasteiger partial charge in [-0.2, -0.15) is 0 Å². The molecule has 0 aliphatic carbocycles. The minimum atomic E-state index is -0.0333. The lowest BCUT2D eigenvalue weighted by atomic mass is 10.1. The van der Waals surface area contributed by atoms with Crippen LogP contribution >= 0.6 is 0 Å². The summed E-state index contributed by atoms with van der Waals surface area (Å²) in [6.07, 6.45) is 0. The Bertz CT molecular complexity index is 467. The van der Waals surface area contributed by atoms with Crippen LogP contribution in [0.15, 0.2) is 18.2 Å². The van der Waals surface area contributed by atoms with Crippen LogP contribution in [0.5, 0.6) is 0 Å². The van der Waals surface area contributed by atoms with Crippen molar-refractivity contribution in [2.45, 2.75) is 20.8 Å². The van der Waals surface area contributed by atoms with E-state index < -0.39 is 0 Å². The summed E-state index contributed by atoms with van der Waals surface area (Å²) in [6.45, 7) is 6.03. The van der Waals surface area contributed by atoms with E-state index in [1.165, 1.54) is 0 Å². The number of anilines is 1. The molecule has 3 nitrogen and oxygen atoms in total. The van der Waals surface area contributed by atoms with E-state index in [0.717, 1.165) is 16.8 Å². The topological polar surface area (TPSA) is 55.1 Å². The van der Waals surface area contributed by atoms with Crippen LogP contribution in [0.3, 0.4) is 0 Å². The number of carbonyl (C=O) groups is 1. The van der Waals surface area contributed by atoms with Crippen LogP contribution in [-0.4, -0.2) is 12.5 Å². The van der Waals surface area contributed by atoms with Crippen LogP contribution in [-0.2, 0) is 4.79 Å². The van der Waals surface area contributed by atoms with Gasteiger partial charge in [0.05, 0.1) is 6.54 Å². The summed E-state index contributed by atoms with van der Waals surface area (Å²) in [5.41, 5.74) is 8.04. The predicted molar refractivity (Wildman–Crippen MR) is 70.6 cm³/mol. The average molecular weight is 230 g/mol. The molecule has 0 bridgehead atoms. The zero-order valence-corrected chi connectivity index (χ0v) is 10.5. The van der Waals surface area contributed by atoms with E-state index in [0.29, 0.717) is 6.54 Å². The lowest BCUT2D eigenvalue weighted by Crippen LogP contribution is -2.17. The van der Waals surface area contributed by atoms with Gasteiger partial charge in [0.2, 0.25) is 5.91 Å². The molecular formula is C14H18N2O. The second-order valence-corrected chi connectivity index (χ2v) is 4.24. The SMILES string of the molecule is Cc1cc(C#CCN)cc(NC(=O)C(C)C)c1. The first kappa shape index (κ1) is 13.3. The summed E-state index contributed by atoms with van der Waals surface area (Å²) in [5.74, 6) is 5.74. The number of carbonyl (C=O) groups excluding carboxylic acids is 1. The van der Waals surface area contributed by atoms with Crippen LogP contribution < -0.4 is 11.1 Å². The fourth-order valence-corrected chi connectivity index (χ4v) is 1.37. The Kier molecular flexibility index (Phi) is 4.74. The highest BCUT2D eigenvalue weighted by atomic mass is 16.1. The molecule has 0 aliphatic rings. The normalized spacial score (nSPS) is 9.71. The molecular weight excluding hydrogens is 212 g/mol. The van der Waals surface area contributed by atoms with Gasteiger partial charge in [0.15, 0.2) is 0 Å². The number of hydrogen-bond acceptors (Lipinski definition) is 2. The fraction of sp³-hybridized carbons (Fsp3) is 0.357. The maximum absolute atomic E-state index is 11.6. The van der Waals surface area contributed by atoms with Gasteiger partial charge in [-0.25, -0.2) is 0 Å². The van der Waals surface area contributed by atoms with Gasteiger partial charge in [-0.3, -0.25) is 4.79 Å². The number of nitrogens with one attached hydrogen (secondary N) is 1. The molecule has 1 aromatic carbocycles. The molecule has 0 atom stereocenters. The second-order valence-electron chi connectivity index (χ2n) is 4.24. The minimum absolute atomic E-state index is 0.00772. The predicted octanol–water partition coefficient (Wildman–Crippen LogP) is 1.90. The van der Waals surface area contributed by atoms with Crippen LogP contribution in [0.25, 0.3) is 0 Å². The van der Waals surface area contributed by atoms with Gasteiger partial charge in [0.25, 0.3) is 0 Å². The summed E-state index contributed by atoms with van der Waals surface area (Å²) < 4.78 is 0. The number of hydrogen-bond donors (Lipinski definition) is 2. The number of nitrogens with two attached hydrogens (primary N) is 1. The Morgan fingerprint density at radius 2 is 2.12 bits per heavy atom. The first-order chi connectivity index (χ1) is 8.02. The van der Waals surface area contributed by atoms with Crippen molar-refractivity contribution in [2.24, 2.45) is 11.7 Å². The van der Waals surface area contributed by atoms with Gasteiger partial charge in [0, 0.05) is 17.2 Å².